The first-order chi connectivity index (χ1) is 14.1. The monoisotopic (exact) mass is 389 g/mol. The number of carbonyl (C=O) groups excluding carboxylic acids is 1. The largest absolute Gasteiger partial charge is 0.496 e. The van der Waals surface area contributed by atoms with Crippen LogP contribution in [0.3, 0.4) is 0 Å². The molecule has 6 heteroatoms. The highest BCUT2D eigenvalue weighted by atomic mass is 16.5. The quantitative estimate of drug-likeness (QED) is 0.771. The van der Waals surface area contributed by atoms with E-state index in [-0.39, 0.29) is 6.10 Å². The van der Waals surface area contributed by atoms with Gasteiger partial charge in [-0.1, -0.05) is 6.07 Å². The van der Waals surface area contributed by atoms with E-state index in [9.17, 15) is 10.1 Å². The van der Waals surface area contributed by atoms with E-state index in [0.717, 1.165) is 53.6 Å². The number of fused-ring (bicyclic) bond motifs is 1. The second-order valence-electron chi connectivity index (χ2n) is 7.53. The Morgan fingerprint density at radius 3 is 2.72 bits per heavy atom. The Hall–Kier alpha value is -3.33. The maximum absolute atomic E-state index is 12.1. The Morgan fingerprint density at radius 2 is 2.10 bits per heavy atom. The highest BCUT2D eigenvalue weighted by molar-refractivity contribution is 5.86. The Labute approximate surface area is 170 Å². The average molecular weight is 389 g/mol. The molecule has 1 unspecified atom stereocenters. The molecule has 29 heavy (non-hydrogen) atoms. The molecule has 4 rings (SSSR count). The Bertz CT molecular complexity index is 1050. The van der Waals surface area contributed by atoms with E-state index < -0.39 is 5.92 Å². The van der Waals surface area contributed by atoms with Crippen LogP contribution in [0.15, 0.2) is 35.7 Å². The Balaban J connectivity index is 1.95. The Kier molecular flexibility index (Phi) is 4.98. The van der Waals surface area contributed by atoms with Crippen LogP contribution in [0.1, 0.15) is 54.4 Å². The predicted octanol–water partition coefficient (Wildman–Crippen LogP) is 4.23. The molecule has 6 nitrogen and oxygen atoms in total. The lowest BCUT2D eigenvalue weighted by molar-refractivity contribution is -0.105. The molecule has 2 aromatic rings. The van der Waals surface area contributed by atoms with Gasteiger partial charge >= 0.3 is 0 Å². The molecular weight excluding hydrogens is 366 g/mol. The number of hydrogen-bond acceptors (Lipinski definition) is 6. The summed E-state index contributed by atoms with van der Waals surface area (Å²) in [6.07, 6.45) is 6.01. The molecule has 0 spiro atoms. The van der Waals surface area contributed by atoms with Gasteiger partial charge in [-0.05, 0) is 50.8 Å². The molecule has 1 aromatic carbocycles. The van der Waals surface area contributed by atoms with Crippen molar-refractivity contribution in [1.82, 2.24) is 4.98 Å². The van der Waals surface area contributed by atoms with Crippen LogP contribution in [0, 0.1) is 18.3 Å². The number of aldehydes is 1. The highest BCUT2D eigenvalue weighted by Gasteiger charge is 2.35. The van der Waals surface area contributed by atoms with Gasteiger partial charge in [-0.3, -0.25) is 4.79 Å². The third-order valence-corrected chi connectivity index (χ3v) is 5.75. The smallest absolute Gasteiger partial charge is 0.219 e. The second-order valence-corrected chi connectivity index (χ2v) is 7.53. The molecule has 1 aliphatic heterocycles. The number of rotatable bonds is 5. The maximum Gasteiger partial charge on any atom is 0.219 e. The third-order valence-electron chi connectivity index (χ3n) is 5.75. The summed E-state index contributed by atoms with van der Waals surface area (Å²) in [5.74, 6) is 0.713. The van der Waals surface area contributed by atoms with Gasteiger partial charge in [-0.25, -0.2) is 4.98 Å². The van der Waals surface area contributed by atoms with E-state index in [0.29, 0.717) is 22.8 Å². The van der Waals surface area contributed by atoms with Gasteiger partial charge in [0.15, 0.2) is 0 Å². The summed E-state index contributed by atoms with van der Waals surface area (Å²) < 4.78 is 11.8. The summed E-state index contributed by atoms with van der Waals surface area (Å²) in [6, 6.07) is 7.43. The number of aromatic nitrogens is 1. The van der Waals surface area contributed by atoms with Gasteiger partial charge in [0.1, 0.15) is 18.1 Å². The zero-order valence-electron chi connectivity index (χ0n) is 16.8. The van der Waals surface area contributed by atoms with Crippen LogP contribution in [0.25, 0.3) is 0 Å². The van der Waals surface area contributed by atoms with Crippen molar-refractivity contribution in [2.75, 3.05) is 12.4 Å². The fourth-order valence-corrected chi connectivity index (χ4v) is 3.91. The van der Waals surface area contributed by atoms with Gasteiger partial charge in [-0.15, -0.1) is 0 Å². The van der Waals surface area contributed by atoms with Gasteiger partial charge in [0.25, 0.3) is 0 Å². The summed E-state index contributed by atoms with van der Waals surface area (Å²) in [5, 5.41) is 12.6. The molecule has 1 fully saturated rings. The van der Waals surface area contributed by atoms with Crippen molar-refractivity contribution < 1.29 is 14.3 Å². The van der Waals surface area contributed by atoms with E-state index in [4.69, 9.17) is 9.47 Å². The summed E-state index contributed by atoms with van der Waals surface area (Å²) in [7, 11) is 1.57. The molecule has 0 saturated heterocycles. The number of pyridine rings is 1. The predicted molar refractivity (Wildman–Crippen MR) is 109 cm³/mol. The fourth-order valence-electron chi connectivity index (χ4n) is 3.91. The van der Waals surface area contributed by atoms with Crippen LogP contribution in [0.4, 0.5) is 5.69 Å². The summed E-state index contributed by atoms with van der Waals surface area (Å²) in [4.78, 5) is 16.7. The minimum atomic E-state index is -0.395. The number of carbonyl (C=O) groups is 1. The van der Waals surface area contributed by atoms with Crippen molar-refractivity contribution in [3.8, 4) is 17.7 Å². The van der Waals surface area contributed by atoms with Crippen molar-refractivity contribution in [3.63, 3.8) is 0 Å². The van der Waals surface area contributed by atoms with Crippen LogP contribution in [0.5, 0.6) is 11.6 Å². The van der Waals surface area contributed by atoms with E-state index >= 15 is 0 Å². The van der Waals surface area contributed by atoms with E-state index in [1.165, 1.54) is 0 Å². The fraction of sp³-hybridized carbons (Fsp3) is 0.348. The van der Waals surface area contributed by atoms with Crippen LogP contribution in [0.2, 0.25) is 0 Å². The molecule has 0 bridgehead atoms. The van der Waals surface area contributed by atoms with E-state index in [1.54, 1.807) is 25.4 Å². The normalized spacial score (nSPS) is 18.2. The van der Waals surface area contributed by atoms with Crippen LogP contribution in [-0.4, -0.2) is 24.5 Å². The van der Waals surface area contributed by atoms with Crippen LogP contribution >= 0.6 is 0 Å². The molecule has 1 N–H and O–H groups in total. The maximum atomic E-state index is 12.1. The minimum absolute atomic E-state index is 0.157. The minimum Gasteiger partial charge on any atom is -0.496 e. The van der Waals surface area contributed by atoms with E-state index in [2.05, 4.69) is 16.4 Å². The molecule has 1 saturated carbocycles. The molecule has 1 atom stereocenters. The summed E-state index contributed by atoms with van der Waals surface area (Å²) in [5.41, 5.74) is 5.42. The molecular formula is C23H23N3O3. The number of aryl methyl sites for hydroxylation is 1. The average Bonchev–Trinajstić information content (AvgIpc) is 2.71. The van der Waals surface area contributed by atoms with Crippen molar-refractivity contribution >= 4 is 12.0 Å². The molecule has 2 aliphatic rings. The lowest BCUT2D eigenvalue weighted by atomic mass is 9.80. The first-order valence-electron chi connectivity index (χ1n) is 9.74. The number of benzene rings is 1. The first kappa shape index (κ1) is 19.0. The van der Waals surface area contributed by atoms with Crippen molar-refractivity contribution in [3.05, 3.63) is 57.9 Å². The van der Waals surface area contributed by atoms with Gasteiger partial charge in [-0.2, -0.15) is 5.26 Å². The molecule has 148 valence electrons. The number of nitriles is 1. The lowest BCUT2D eigenvalue weighted by Gasteiger charge is -2.34. The number of ether oxygens (including phenoxy) is 2. The standard InChI is InChI=1S/C23H23N3O3/c1-13-11-25-23(29-16-5-4-6-16)21-20(18(12-27)14(2)26-22(13)21)17-8-7-15(10-24)9-19(17)28-3/h7-9,11-12,16,20,26H,4-6H2,1-3H3. The number of allylic oxidation sites excluding steroid dienone is 2. The second kappa shape index (κ2) is 7.59. The summed E-state index contributed by atoms with van der Waals surface area (Å²) in [6.45, 7) is 3.88. The van der Waals surface area contributed by atoms with Crippen molar-refractivity contribution in [1.29, 1.82) is 5.26 Å². The first-order valence-corrected chi connectivity index (χ1v) is 9.74. The molecule has 0 amide bonds. The van der Waals surface area contributed by atoms with Crippen LogP contribution in [-0.2, 0) is 4.79 Å². The van der Waals surface area contributed by atoms with Gasteiger partial charge in [0.05, 0.1) is 30.0 Å². The highest BCUT2D eigenvalue weighted by Crippen LogP contribution is 2.48. The van der Waals surface area contributed by atoms with Gasteiger partial charge in [0, 0.05) is 28.9 Å². The summed E-state index contributed by atoms with van der Waals surface area (Å²) >= 11 is 0. The number of hydrogen-bond donors (Lipinski definition) is 1. The SMILES string of the molecule is COc1cc(C#N)ccc1C1C(C=O)=C(C)Nc2c(C)cnc(OC3CCC3)c21. The zero-order chi connectivity index (χ0) is 20.5. The Morgan fingerprint density at radius 1 is 1.31 bits per heavy atom. The number of anilines is 1. The molecule has 2 heterocycles. The van der Waals surface area contributed by atoms with E-state index in [1.807, 2.05) is 19.9 Å². The topological polar surface area (TPSA) is 84.2 Å². The molecule has 1 aromatic heterocycles. The van der Waals surface area contributed by atoms with Crippen molar-refractivity contribution in [2.24, 2.45) is 0 Å². The van der Waals surface area contributed by atoms with Crippen molar-refractivity contribution in [2.45, 2.75) is 45.1 Å². The molecule has 1 aliphatic carbocycles. The molecule has 0 radical (unpaired) electrons. The number of methoxy groups -OCH3 is 1. The lowest BCUT2D eigenvalue weighted by Crippen LogP contribution is -2.27. The number of nitrogens with zero attached hydrogens (tertiary/aromatic N) is 2. The zero-order valence-corrected chi connectivity index (χ0v) is 16.8. The number of nitrogens with one attached hydrogen (secondary N) is 1. The van der Waals surface area contributed by atoms with Crippen LogP contribution < -0.4 is 14.8 Å². The van der Waals surface area contributed by atoms with Gasteiger partial charge < -0.3 is 14.8 Å². The third kappa shape index (κ3) is 3.23. The van der Waals surface area contributed by atoms with Gasteiger partial charge in [0.2, 0.25) is 5.88 Å².